The summed E-state index contributed by atoms with van der Waals surface area (Å²) in [4.78, 5) is 11.1. The van der Waals surface area contributed by atoms with E-state index < -0.39 is 0 Å². The van der Waals surface area contributed by atoms with Crippen molar-refractivity contribution < 1.29 is 4.79 Å². The zero-order chi connectivity index (χ0) is 13.5. The van der Waals surface area contributed by atoms with Crippen molar-refractivity contribution in [1.82, 2.24) is 0 Å². The molecule has 1 fully saturated rings. The lowest BCUT2D eigenvalue weighted by Crippen LogP contribution is -2.17. The van der Waals surface area contributed by atoms with Crippen LogP contribution < -0.4 is 11.1 Å². The minimum atomic E-state index is -0.274. The molecule has 0 heterocycles. The third-order valence-corrected chi connectivity index (χ3v) is 3.94. The molecule has 1 aromatic carbocycles. The molecule has 1 amide bonds. The van der Waals surface area contributed by atoms with E-state index in [4.69, 9.17) is 5.73 Å². The molecule has 0 aliphatic heterocycles. The van der Waals surface area contributed by atoms with E-state index in [-0.39, 0.29) is 5.91 Å². The molecule has 0 bridgehead atoms. The summed E-state index contributed by atoms with van der Waals surface area (Å²) in [7, 11) is 0. The van der Waals surface area contributed by atoms with Crippen LogP contribution in [0.1, 0.15) is 44.1 Å². The van der Waals surface area contributed by atoms with E-state index in [1.807, 2.05) is 24.3 Å². The first-order chi connectivity index (χ1) is 9.25. The Bertz CT molecular complexity index is 409. The molecule has 3 heteroatoms. The molecule has 0 saturated heterocycles. The number of hydrogen-bond acceptors (Lipinski definition) is 2. The second kappa shape index (κ2) is 7.17. The van der Waals surface area contributed by atoms with Gasteiger partial charge in [0, 0.05) is 12.2 Å². The number of anilines is 1. The Labute approximate surface area is 115 Å². The average molecular weight is 260 g/mol. The number of carbonyl (C=O) groups is 1. The number of para-hydroxylation sites is 1. The summed E-state index contributed by atoms with van der Waals surface area (Å²) in [5.41, 5.74) is 7.35. The minimum Gasteiger partial charge on any atom is -0.385 e. The number of amides is 1. The second-order valence-corrected chi connectivity index (χ2v) is 5.54. The van der Waals surface area contributed by atoms with E-state index in [1.54, 1.807) is 0 Å². The van der Waals surface area contributed by atoms with Gasteiger partial charge in [0.2, 0.25) is 5.91 Å². The molecule has 0 atom stereocenters. The van der Waals surface area contributed by atoms with Crippen LogP contribution in [0.2, 0.25) is 0 Å². The molecule has 1 aliphatic carbocycles. The molecule has 2 rings (SSSR count). The molecule has 0 aromatic heterocycles. The Morgan fingerprint density at radius 2 is 1.84 bits per heavy atom. The van der Waals surface area contributed by atoms with Crippen LogP contribution in [0, 0.1) is 5.92 Å². The highest BCUT2D eigenvalue weighted by molar-refractivity contribution is 5.78. The van der Waals surface area contributed by atoms with Gasteiger partial charge in [-0.05, 0) is 30.4 Å². The predicted octanol–water partition coefficient (Wildman–Crippen LogP) is 3.10. The number of hydrogen-bond donors (Lipinski definition) is 2. The Balaban J connectivity index is 1.92. The maximum Gasteiger partial charge on any atom is 0.221 e. The van der Waals surface area contributed by atoms with Crippen LogP contribution in [0.4, 0.5) is 5.69 Å². The van der Waals surface area contributed by atoms with Gasteiger partial charge in [-0.15, -0.1) is 0 Å². The Morgan fingerprint density at radius 1 is 1.16 bits per heavy atom. The van der Waals surface area contributed by atoms with E-state index in [9.17, 15) is 4.79 Å². The maximum atomic E-state index is 11.1. The van der Waals surface area contributed by atoms with Gasteiger partial charge in [-0.2, -0.15) is 0 Å². The van der Waals surface area contributed by atoms with E-state index in [0.717, 1.165) is 23.7 Å². The zero-order valence-corrected chi connectivity index (χ0v) is 11.5. The fourth-order valence-electron chi connectivity index (χ4n) is 2.86. The van der Waals surface area contributed by atoms with Crippen molar-refractivity contribution in [3.8, 4) is 0 Å². The molecule has 3 N–H and O–H groups in total. The maximum absolute atomic E-state index is 11.1. The summed E-state index contributed by atoms with van der Waals surface area (Å²) >= 11 is 0. The third-order valence-electron chi connectivity index (χ3n) is 3.94. The monoisotopic (exact) mass is 260 g/mol. The molecule has 19 heavy (non-hydrogen) atoms. The largest absolute Gasteiger partial charge is 0.385 e. The quantitative estimate of drug-likeness (QED) is 0.799. The van der Waals surface area contributed by atoms with Gasteiger partial charge in [-0.25, -0.2) is 0 Å². The van der Waals surface area contributed by atoms with Crippen LogP contribution in [0.15, 0.2) is 24.3 Å². The summed E-state index contributed by atoms with van der Waals surface area (Å²) in [5, 5.41) is 3.51. The number of nitrogens with one attached hydrogen (secondary N) is 1. The summed E-state index contributed by atoms with van der Waals surface area (Å²) in [5.74, 6) is 0.493. The standard InChI is InChI=1S/C16H24N2O/c17-16(19)11-14-9-5-6-10-15(14)18-12-13-7-3-1-2-4-8-13/h5-6,9-10,13,18H,1-4,7-8,11-12H2,(H2,17,19). The molecular weight excluding hydrogens is 236 g/mol. The normalized spacial score (nSPS) is 16.8. The highest BCUT2D eigenvalue weighted by atomic mass is 16.1. The van der Waals surface area contributed by atoms with Gasteiger partial charge < -0.3 is 11.1 Å². The van der Waals surface area contributed by atoms with E-state index in [2.05, 4.69) is 5.32 Å². The molecule has 3 nitrogen and oxygen atoms in total. The first kappa shape index (κ1) is 13.9. The lowest BCUT2D eigenvalue weighted by molar-refractivity contribution is -0.117. The van der Waals surface area contributed by atoms with E-state index in [1.165, 1.54) is 38.5 Å². The van der Waals surface area contributed by atoms with Crippen LogP contribution in [0.25, 0.3) is 0 Å². The molecule has 0 radical (unpaired) electrons. The van der Waals surface area contributed by atoms with Crippen LogP contribution in [0.3, 0.4) is 0 Å². The SMILES string of the molecule is NC(=O)Cc1ccccc1NCC1CCCCCC1. The summed E-state index contributed by atoms with van der Waals surface area (Å²) in [6.07, 6.45) is 8.44. The van der Waals surface area contributed by atoms with Crippen molar-refractivity contribution in [3.05, 3.63) is 29.8 Å². The third kappa shape index (κ3) is 4.58. The average Bonchev–Trinajstić information content (AvgIpc) is 2.65. The molecule has 1 saturated carbocycles. The number of primary amides is 1. The number of rotatable bonds is 5. The summed E-state index contributed by atoms with van der Waals surface area (Å²) < 4.78 is 0. The van der Waals surface area contributed by atoms with Crippen molar-refractivity contribution in [2.75, 3.05) is 11.9 Å². The van der Waals surface area contributed by atoms with Gasteiger partial charge in [0.15, 0.2) is 0 Å². The lowest BCUT2D eigenvalue weighted by Gasteiger charge is -2.17. The fraction of sp³-hybridized carbons (Fsp3) is 0.562. The number of benzene rings is 1. The number of nitrogens with two attached hydrogens (primary N) is 1. The first-order valence-corrected chi connectivity index (χ1v) is 7.36. The lowest BCUT2D eigenvalue weighted by atomic mass is 10.00. The van der Waals surface area contributed by atoms with Crippen LogP contribution in [-0.2, 0) is 11.2 Å². The minimum absolute atomic E-state index is 0.274. The van der Waals surface area contributed by atoms with Gasteiger partial charge in [0.1, 0.15) is 0 Å². The van der Waals surface area contributed by atoms with Crippen LogP contribution >= 0.6 is 0 Å². The highest BCUT2D eigenvalue weighted by Gasteiger charge is 2.12. The molecular formula is C16H24N2O. The molecule has 0 spiro atoms. The molecule has 0 unspecified atom stereocenters. The first-order valence-electron chi connectivity index (χ1n) is 7.36. The van der Waals surface area contributed by atoms with Crippen molar-refractivity contribution >= 4 is 11.6 Å². The smallest absolute Gasteiger partial charge is 0.221 e. The van der Waals surface area contributed by atoms with Gasteiger partial charge in [-0.3, -0.25) is 4.79 Å². The van der Waals surface area contributed by atoms with Gasteiger partial charge in [0.05, 0.1) is 6.42 Å². The summed E-state index contributed by atoms with van der Waals surface area (Å²) in [6, 6.07) is 7.96. The fourth-order valence-corrected chi connectivity index (χ4v) is 2.86. The highest BCUT2D eigenvalue weighted by Crippen LogP contribution is 2.24. The summed E-state index contributed by atoms with van der Waals surface area (Å²) in [6.45, 7) is 1.01. The van der Waals surface area contributed by atoms with Crippen LogP contribution in [-0.4, -0.2) is 12.5 Å². The van der Waals surface area contributed by atoms with Crippen molar-refractivity contribution in [1.29, 1.82) is 0 Å². The van der Waals surface area contributed by atoms with Crippen molar-refractivity contribution in [2.24, 2.45) is 11.7 Å². The van der Waals surface area contributed by atoms with Crippen molar-refractivity contribution in [2.45, 2.75) is 44.9 Å². The van der Waals surface area contributed by atoms with Gasteiger partial charge in [0.25, 0.3) is 0 Å². The second-order valence-electron chi connectivity index (χ2n) is 5.54. The predicted molar refractivity (Wildman–Crippen MR) is 79.0 cm³/mol. The molecule has 1 aromatic rings. The Hall–Kier alpha value is -1.51. The Kier molecular flexibility index (Phi) is 5.25. The van der Waals surface area contributed by atoms with Crippen molar-refractivity contribution in [3.63, 3.8) is 0 Å². The molecule has 104 valence electrons. The van der Waals surface area contributed by atoms with Crippen LogP contribution in [0.5, 0.6) is 0 Å². The van der Waals surface area contributed by atoms with E-state index in [0.29, 0.717) is 6.42 Å². The van der Waals surface area contributed by atoms with Gasteiger partial charge >= 0.3 is 0 Å². The van der Waals surface area contributed by atoms with Gasteiger partial charge in [-0.1, -0.05) is 43.9 Å². The molecule has 1 aliphatic rings. The zero-order valence-electron chi connectivity index (χ0n) is 11.5. The number of carbonyl (C=O) groups excluding carboxylic acids is 1. The Morgan fingerprint density at radius 3 is 2.53 bits per heavy atom. The topological polar surface area (TPSA) is 55.1 Å². The van der Waals surface area contributed by atoms with E-state index >= 15 is 0 Å².